The molecule has 0 fully saturated rings. The Balaban J connectivity index is 1.91. The molecule has 0 aliphatic carbocycles. The molecular weight excluding hydrogens is 564 g/mol. The summed E-state index contributed by atoms with van der Waals surface area (Å²) < 4.78 is 17.6. The van der Waals surface area contributed by atoms with E-state index in [1.54, 1.807) is 23.2 Å². The molecule has 0 saturated carbocycles. The first-order valence-corrected chi connectivity index (χ1v) is 12.0. The van der Waals surface area contributed by atoms with Gasteiger partial charge in [0.15, 0.2) is 5.82 Å². The number of fused-ring (bicyclic) bond motifs is 1. The van der Waals surface area contributed by atoms with Crippen LogP contribution >= 0.6 is 22.9 Å². The van der Waals surface area contributed by atoms with Crippen molar-refractivity contribution in [1.29, 1.82) is 0 Å². The number of nitrogens with zero attached hydrogens (tertiary/aromatic N) is 6. The van der Waals surface area contributed by atoms with Crippen molar-refractivity contribution >= 4 is 45.7 Å². The van der Waals surface area contributed by atoms with E-state index in [2.05, 4.69) is 44.5 Å². The Hall–Kier alpha value is -3.35. The number of aliphatic carboxylic acids is 1. The predicted molar refractivity (Wildman–Crippen MR) is 141 cm³/mol. The molecule has 9 nitrogen and oxygen atoms in total. The fourth-order valence-corrected chi connectivity index (χ4v) is 4.83. The van der Waals surface area contributed by atoms with Crippen LogP contribution in [-0.4, -0.2) is 46.8 Å². The lowest BCUT2D eigenvalue weighted by Gasteiger charge is -2.29. The van der Waals surface area contributed by atoms with Gasteiger partial charge in [0.25, 0.3) is 0 Å². The lowest BCUT2D eigenvalue weighted by atomic mass is 9.97. The Bertz CT molecular complexity index is 1400. The van der Waals surface area contributed by atoms with Gasteiger partial charge >= 0.3 is 5.97 Å². The van der Waals surface area contributed by atoms with Gasteiger partial charge < -0.3 is 10.1 Å². The molecule has 0 saturated heterocycles. The zero-order chi connectivity index (χ0) is 25.3. The molecule has 0 spiro atoms. The van der Waals surface area contributed by atoms with Crippen LogP contribution < -0.4 is 3.11 Å². The molecule has 2 unspecified atom stereocenters. The number of allylic oxidation sites excluding steroid dienone is 1. The number of carbonyl (C=O) groups is 1. The maximum absolute atomic E-state index is 14.0. The first-order valence-electron chi connectivity index (χ1n) is 11.1. The second kappa shape index (κ2) is 10.1. The van der Waals surface area contributed by atoms with E-state index in [-0.39, 0.29) is 0 Å². The molecule has 0 bridgehead atoms. The largest absolute Gasteiger partial charge is 0.481 e. The second-order valence-electron chi connectivity index (χ2n) is 8.20. The number of rotatable bonds is 9. The Morgan fingerprint density at radius 2 is 2.17 bits per heavy atom. The van der Waals surface area contributed by atoms with Gasteiger partial charge in [-0.15, -0.1) is 6.58 Å². The second-order valence-corrected chi connectivity index (χ2v) is 9.24. The summed E-state index contributed by atoms with van der Waals surface area (Å²) in [5.74, 6) is -1.12. The zero-order valence-electron chi connectivity index (χ0n) is 19.5. The topological polar surface area (TPSA) is 113 Å². The van der Waals surface area contributed by atoms with Gasteiger partial charge in [-0.25, -0.2) is 19.3 Å². The molecule has 4 rings (SSSR count). The Morgan fingerprint density at radius 3 is 2.83 bits per heavy atom. The highest BCUT2D eigenvalue weighted by Crippen LogP contribution is 2.36. The number of aromatic amines is 1. The Labute approximate surface area is 215 Å². The van der Waals surface area contributed by atoms with Crippen molar-refractivity contribution < 1.29 is 14.3 Å². The lowest BCUT2D eigenvalue weighted by Crippen LogP contribution is -2.36. The van der Waals surface area contributed by atoms with Gasteiger partial charge in [-0.05, 0) is 33.3 Å². The van der Waals surface area contributed by atoms with Crippen LogP contribution in [0.15, 0.2) is 43.5 Å². The highest BCUT2D eigenvalue weighted by atomic mass is 127. The van der Waals surface area contributed by atoms with Crippen molar-refractivity contribution in [2.45, 2.75) is 39.8 Å². The van der Waals surface area contributed by atoms with Crippen LogP contribution in [0.3, 0.4) is 0 Å². The number of carboxylic acid groups (broad SMARTS) is 1. The summed E-state index contributed by atoms with van der Waals surface area (Å²) in [6, 6.07) is 0.988. The number of nitrogens with one attached hydrogen (secondary N) is 1. The molecule has 0 aliphatic rings. The van der Waals surface area contributed by atoms with E-state index < -0.39 is 23.7 Å². The van der Waals surface area contributed by atoms with Crippen molar-refractivity contribution in [2.24, 2.45) is 5.92 Å². The number of pyridine rings is 1. The number of anilines is 1. The minimum absolute atomic E-state index is 0.316. The third kappa shape index (κ3) is 4.77. The average Bonchev–Trinajstić information content (AvgIpc) is 3.48. The number of aryl methyl sites for hydroxylation is 1. The summed E-state index contributed by atoms with van der Waals surface area (Å²) in [5, 5.41) is 14.7. The lowest BCUT2D eigenvalue weighted by molar-refractivity contribution is -0.142. The fraction of sp³-hybridized carbons (Fsp3) is 0.292. The van der Waals surface area contributed by atoms with Crippen LogP contribution in [0.25, 0.3) is 33.7 Å². The normalized spacial score (nSPS) is 13.1. The first-order chi connectivity index (χ1) is 16.7. The number of aromatic nitrogens is 6. The summed E-state index contributed by atoms with van der Waals surface area (Å²) in [6.45, 7) is 10.1. The van der Waals surface area contributed by atoms with Gasteiger partial charge in [0.1, 0.15) is 17.3 Å². The SMILES string of the molecule is C=CCC(C(=O)O)C(C)N(I)c1nc(-c2c[nH]c3ncc(F)cc23)nc(-c2cnn(CC)c2)c1C. The standard InChI is InChI=1S/C24H25FIN7O2/c1-5-7-17(24(34)35)14(4)33(26)23-13(3)20(15-9-29-32(6-2)12-15)30-22(31-23)19-11-28-21-18(19)8-16(25)10-27-21/h5,8-12,14,17H,1,6-7H2,2-4H3,(H,27,28)(H,34,35). The zero-order valence-corrected chi connectivity index (χ0v) is 21.7. The summed E-state index contributed by atoms with van der Waals surface area (Å²) in [6.07, 6.45) is 8.41. The van der Waals surface area contributed by atoms with Gasteiger partial charge in [0.05, 0.1) is 52.9 Å². The van der Waals surface area contributed by atoms with E-state index in [0.29, 0.717) is 46.9 Å². The minimum atomic E-state index is -0.909. The van der Waals surface area contributed by atoms with Crippen LogP contribution in [0, 0.1) is 18.7 Å². The molecule has 0 aliphatic heterocycles. The van der Waals surface area contributed by atoms with E-state index in [4.69, 9.17) is 9.97 Å². The van der Waals surface area contributed by atoms with Crippen molar-refractivity contribution in [3.8, 4) is 22.6 Å². The third-order valence-corrected chi connectivity index (χ3v) is 7.31. The third-order valence-electron chi connectivity index (χ3n) is 5.97. The molecule has 0 aromatic carbocycles. The molecule has 2 atom stereocenters. The average molecular weight is 589 g/mol. The Morgan fingerprint density at radius 1 is 1.40 bits per heavy atom. The Kier molecular flexibility index (Phi) is 7.15. The number of hydrogen-bond acceptors (Lipinski definition) is 6. The predicted octanol–water partition coefficient (Wildman–Crippen LogP) is 5.17. The van der Waals surface area contributed by atoms with E-state index in [9.17, 15) is 14.3 Å². The summed E-state index contributed by atoms with van der Waals surface area (Å²) in [5.41, 5.74) is 3.35. The maximum Gasteiger partial charge on any atom is 0.308 e. The quantitative estimate of drug-likeness (QED) is 0.157. The monoisotopic (exact) mass is 589 g/mol. The highest BCUT2D eigenvalue weighted by molar-refractivity contribution is 14.1. The molecule has 2 N–H and O–H groups in total. The van der Waals surface area contributed by atoms with E-state index in [0.717, 1.165) is 17.3 Å². The smallest absolute Gasteiger partial charge is 0.308 e. The molecule has 4 aromatic rings. The van der Waals surface area contributed by atoms with Gasteiger partial charge in [0.2, 0.25) is 0 Å². The van der Waals surface area contributed by atoms with Crippen LogP contribution in [0.2, 0.25) is 0 Å². The first kappa shape index (κ1) is 24.8. The molecule has 35 heavy (non-hydrogen) atoms. The summed E-state index contributed by atoms with van der Waals surface area (Å²) in [7, 11) is 0. The summed E-state index contributed by atoms with van der Waals surface area (Å²) >= 11 is 2.10. The van der Waals surface area contributed by atoms with Gasteiger partial charge in [-0.2, -0.15) is 5.10 Å². The number of halogens is 2. The van der Waals surface area contributed by atoms with Crippen molar-refractivity contribution in [3.63, 3.8) is 0 Å². The van der Waals surface area contributed by atoms with Crippen LogP contribution in [0.5, 0.6) is 0 Å². The molecule has 11 heteroatoms. The maximum atomic E-state index is 14.0. The van der Waals surface area contributed by atoms with E-state index in [1.807, 2.05) is 30.1 Å². The van der Waals surface area contributed by atoms with Crippen LogP contribution in [0.4, 0.5) is 10.2 Å². The van der Waals surface area contributed by atoms with Crippen molar-refractivity contribution in [3.05, 3.63) is 54.9 Å². The fourth-order valence-electron chi connectivity index (χ4n) is 3.97. The summed E-state index contributed by atoms with van der Waals surface area (Å²) in [4.78, 5) is 28.7. The van der Waals surface area contributed by atoms with Gasteiger partial charge in [-0.1, -0.05) is 6.08 Å². The van der Waals surface area contributed by atoms with Gasteiger partial charge in [-0.3, -0.25) is 12.6 Å². The number of H-pyrrole nitrogens is 1. The van der Waals surface area contributed by atoms with Crippen LogP contribution in [0.1, 0.15) is 25.8 Å². The molecule has 4 aromatic heterocycles. The van der Waals surface area contributed by atoms with Gasteiger partial charge in [0, 0.05) is 41.0 Å². The molecule has 0 amide bonds. The van der Waals surface area contributed by atoms with Crippen molar-refractivity contribution in [1.82, 2.24) is 29.7 Å². The number of hydrogen-bond donors (Lipinski definition) is 2. The molecule has 0 radical (unpaired) electrons. The van der Waals surface area contributed by atoms with Crippen molar-refractivity contribution in [2.75, 3.05) is 3.11 Å². The minimum Gasteiger partial charge on any atom is -0.481 e. The molecule has 4 heterocycles. The molecular formula is C24H25FIN7O2. The van der Waals surface area contributed by atoms with E-state index in [1.165, 1.54) is 6.07 Å². The molecule has 182 valence electrons. The highest BCUT2D eigenvalue weighted by Gasteiger charge is 2.30. The van der Waals surface area contributed by atoms with Crippen LogP contribution in [-0.2, 0) is 11.3 Å². The number of carboxylic acids is 1. The van der Waals surface area contributed by atoms with E-state index >= 15 is 0 Å².